The molecule has 0 aliphatic carbocycles. The number of aryl methyl sites for hydroxylation is 1. The summed E-state index contributed by atoms with van der Waals surface area (Å²) in [5.41, 5.74) is 1.33. The Morgan fingerprint density at radius 2 is 2.67 bits per heavy atom. The Labute approximate surface area is 53.7 Å². The maximum atomic E-state index is 4.15. The van der Waals surface area contributed by atoms with Gasteiger partial charge in [0.15, 0.2) is 0 Å². The molecule has 48 valence electrons. The van der Waals surface area contributed by atoms with E-state index in [-0.39, 0.29) is 0 Å². The van der Waals surface area contributed by atoms with Crippen LogP contribution < -0.4 is 5.32 Å². The molecule has 0 radical (unpaired) electrons. The lowest BCUT2D eigenvalue weighted by atomic mass is 10.4. The number of hydrogen-bond donors (Lipinski definition) is 1. The first kappa shape index (κ1) is 4.85. The number of anilines is 1. The minimum Gasteiger partial charge on any atom is -0.368 e. The van der Waals surface area contributed by atoms with Crippen molar-refractivity contribution in [2.45, 2.75) is 6.42 Å². The Kier molecular flexibility index (Phi) is 0.806. The van der Waals surface area contributed by atoms with E-state index in [0.29, 0.717) is 0 Å². The zero-order valence-electron chi connectivity index (χ0n) is 5.39. The minimum absolute atomic E-state index is 1.05. The highest BCUT2D eigenvalue weighted by atomic mass is 15.1. The second-order valence-corrected chi connectivity index (χ2v) is 2.33. The predicted molar refractivity (Wildman–Crippen MR) is 35.4 cm³/mol. The highest BCUT2D eigenvalue weighted by Crippen LogP contribution is 2.17. The highest BCUT2D eigenvalue weighted by molar-refractivity contribution is 5.45. The van der Waals surface area contributed by atoms with E-state index in [0.717, 1.165) is 18.8 Å². The van der Waals surface area contributed by atoms with Gasteiger partial charge in [-0.2, -0.15) is 0 Å². The second-order valence-electron chi connectivity index (χ2n) is 2.33. The monoisotopic (exact) mass is 123 g/mol. The van der Waals surface area contributed by atoms with Crippen LogP contribution in [0, 0.1) is 0 Å². The van der Waals surface area contributed by atoms with Crippen LogP contribution >= 0.6 is 0 Å². The SMILES string of the molecule is Cn1cnc2c1CCN2. The molecule has 3 heteroatoms. The van der Waals surface area contributed by atoms with Crippen molar-refractivity contribution in [1.82, 2.24) is 9.55 Å². The molecule has 2 rings (SSSR count). The number of fused-ring (bicyclic) bond motifs is 1. The lowest BCUT2D eigenvalue weighted by molar-refractivity contribution is 0.834. The van der Waals surface area contributed by atoms with Gasteiger partial charge in [-0.25, -0.2) is 4.98 Å². The van der Waals surface area contributed by atoms with E-state index in [1.54, 1.807) is 0 Å². The molecule has 2 heterocycles. The Hall–Kier alpha value is -0.990. The Morgan fingerprint density at radius 3 is 3.44 bits per heavy atom. The van der Waals surface area contributed by atoms with Crippen molar-refractivity contribution in [2.75, 3.05) is 11.9 Å². The van der Waals surface area contributed by atoms with Crippen molar-refractivity contribution in [3.63, 3.8) is 0 Å². The van der Waals surface area contributed by atoms with Crippen LogP contribution in [0.3, 0.4) is 0 Å². The summed E-state index contributed by atoms with van der Waals surface area (Å²) >= 11 is 0. The molecule has 1 aromatic rings. The maximum absolute atomic E-state index is 4.15. The zero-order valence-corrected chi connectivity index (χ0v) is 5.39. The standard InChI is InChI=1S/C6H9N3/c1-9-4-8-6-5(9)2-3-7-6/h4,7H,2-3H2,1H3. The first-order valence-corrected chi connectivity index (χ1v) is 3.12. The van der Waals surface area contributed by atoms with Crippen molar-refractivity contribution < 1.29 is 0 Å². The summed E-state index contributed by atoms with van der Waals surface area (Å²) < 4.78 is 2.06. The van der Waals surface area contributed by atoms with Crippen molar-refractivity contribution in [3.8, 4) is 0 Å². The van der Waals surface area contributed by atoms with Crippen LogP contribution in [0.2, 0.25) is 0 Å². The number of nitrogens with zero attached hydrogens (tertiary/aromatic N) is 2. The van der Waals surface area contributed by atoms with Gasteiger partial charge in [0.05, 0.1) is 12.0 Å². The Bertz CT molecular complexity index is 226. The van der Waals surface area contributed by atoms with E-state index >= 15 is 0 Å². The van der Waals surface area contributed by atoms with Crippen molar-refractivity contribution in [1.29, 1.82) is 0 Å². The molecule has 1 aliphatic rings. The Morgan fingerprint density at radius 1 is 1.78 bits per heavy atom. The maximum Gasteiger partial charge on any atom is 0.147 e. The normalized spacial score (nSPS) is 15.2. The van der Waals surface area contributed by atoms with Gasteiger partial charge in [0.1, 0.15) is 5.82 Å². The summed E-state index contributed by atoms with van der Waals surface area (Å²) in [7, 11) is 2.03. The van der Waals surface area contributed by atoms with E-state index in [2.05, 4.69) is 14.9 Å². The highest BCUT2D eigenvalue weighted by Gasteiger charge is 2.13. The topological polar surface area (TPSA) is 29.9 Å². The number of hydrogen-bond acceptors (Lipinski definition) is 2. The summed E-state index contributed by atoms with van der Waals surface area (Å²) in [6, 6.07) is 0. The average molecular weight is 123 g/mol. The molecule has 0 bridgehead atoms. The fraction of sp³-hybridized carbons (Fsp3) is 0.500. The number of nitrogens with one attached hydrogen (secondary N) is 1. The summed E-state index contributed by atoms with van der Waals surface area (Å²) in [6.45, 7) is 1.05. The first-order valence-electron chi connectivity index (χ1n) is 3.12. The van der Waals surface area contributed by atoms with Gasteiger partial charge in [-0.05, 0) is 0 Å². The van der Waals surface area contributed by atoms with Crippen LogP contribution in [0.25, 0.3) is 0 Å². The Balaban J connectivity index is 2.56. The molecule has 9 heavy (non-hydrogen) atoms. The minimum atomic E-state index is 1.05. The van der Waals surface area contributed by atoms with Crippen LogP contribution in [0.15, 0.2) is 6.33 Å². The molecule has 3 nitrogen and oxygen atoms in total. The van der Waals surface area contributed by atoms with Crippen LogP contribution in [-0.4, -0.2) is 16.1 Å². The van der Waals surface area contributed by atoms with Gasteiger partial charge in [-0.1, -0.05) is 0 Å². The van der Waals surface area contributed by atoms with E-state index in [4.69, 9.17) is 0 Å². The largest absolute Gasteiger partial charge is 0.368 e. The fourth-order valence-electron chi connectivity index (χ4n) is 1.20. The van der Waals surface area contributed by atoms with Crippen molar-refractivity contribution in [3.05, 3.63) is 12.0 Å². The quantitative estimate of drug-likeness (QED) is 0.540. The first-order chi connectivity index (χ1) is 4.38. The van der Waals surface area contributed by atoms with Crippen molar-refractivity contribution >= 4 is 5.82 Å². The van der Waals surface area contributed by atoms with E-state index < -0.39 is 0 Å². The van der Waals surface area contributed by atoms with Gasteiger partial charge >= 0.3 is 0 Å². The van der Waals surface area contributed by atoms with Gasteiger partial charge in [-0.15, -0.1) is 0 Å². The molecule has 0 fully saturated rings. The number of rotatable bonds is 0. The molecule has 0 amide bonds. The molecule has 0 spiro atoms. The van der Waals surface area contributed by atoms with Gasteiger partial charge in [0.2, 0.25) is 0 Å². The molecular weight excluding hydrogens is 114 g/mol. The summed E-state index contributed by atoms with van der Waals surface area (Å²) in [5.74, 6) is 1.07. The third-order valence-electron chi connectivity index (χ3n) is 1.71. The third-order valence-corrected chi connectivity index (χ3v) is 1.71. The summed E-state index contributed by atoms with van der Waals surface area (Å²) in [5, 5.41) is 3.19. The second kappa shape index (κ2) is 1.50. The lowest BCUT2D eigenvalue weighted by Gasteiger charge is -1.91. The van der Waals surface area contributed by atoms with E-state index in [1.807, 2.05) is 13.4 Å². The van der Waals surface area contributed by atoms with E-state index in [1.165, 1.54) is 5.69 Å². The van der Waals surface area contributed by atoms with E-state index in [9.17, 15) is 0 Å². The summed E-state index contributed by atoms with van der Waals surface area (Å²) in [4.78, 5) is 4.15. The molecule has 0 unspecified atom stereocenters. The van der Waals surface area contributed by atoms with Gasteiger partial charge in [0, 0.05) is 20.0 Å². The number of imidazole rings is 1. The summed E-state index contributed by atoms with van der Waals surface area (Å²) in [6.07, 6.45) is 2.96. The molecular formula is C6H9N3. The predicted octanol–water partition coefficient (Wildman–Crippen LogP) is 0.388. The molecule has 0 saturated heterocycles. The van der Waals surface area contributed by atoms with Gasteiger partial charge in [-0.3, -0.25) is 0 Å². The van der Waals surface area contributed by atoms with Crippen LogP contribution in [0.5, 0.6) is 0 Å². The van der Waals surface area contributed by atoms with Crippen molar-refractivity contribution in [2.24, 2.45) is 7.05 Å². The smallest absolute Gasteiger partial charge is 0.147 e. The third kappa shape index (κ3) is 0.542. The van der Waals surface area contributed by atoms with Gasteiger partial charge < -0.3 is 9.88 Å². The number of aromatic nitrogens is 2. The molecule has 0 atom stereocenters. The molecule has 0 saturated carbocycles. The van der Waals surface area contributed by atoms with Crippen LogP contribution in [0.1, 0.15) is 5.69 Å². The molecule has 1 aliphatic heterocycles. The fourth-order valence-corrected chi connectivity index (χ4v) is 1.20. The van der Waals surface area contributed by atoms with Crippen LogP contribution in [0.4, 0.5) is 5.82 Å². The lowest BCUT2D eigenvalue weighted by Crippen LogP contribution is -1.95. The van der Waals surface area contributed by atoms with Crippen LogP contribution in [-0.2, 0) is 13.5 Å². The molecule has 1 aromatic heterocycles. The average Bonchev–Trinajstić information content (AvgIpc) is 2.35. The van der Waals surface area contributed by atoms with Gasteiger partial charge in [0.25, 0.3) is 0 Å². The molecule has 1 N–H and O–H groups in total. The molecule has 0 aromatic carbocycles. The zero-order chi connectivity index (χ0) is 6.27.